The van der Waals surface area contributed by atoms with Gasteiger partial charge in [0.05, 0.1) is 23.6 Å². The molecule has 0 unspecified atom stereocenters. The summed E-state index contributed by atoms with van der Waals surface area (Å²) in [5.74, 6) is 1.75. The summed E-state index contributed by atoms with van der Waals surface area (Å²) in [6, 6.07) is 18.1. The number of para-hydroxylation sites is 1. The molecule has 24 heavy (non-hydrogen) atoms. The average Bonchev–Trinajstić information content (AvgIpc) is 2.53. The lowest BCUT2D eigenvalue weighted by atomic mass is 10.1. The minimum absolute atomic E-state index is 0.849. The van der Waals surface area contributed by atoms with E-state index < -0.39 is 7.25 Å². The number of hydrogen-bond donors (Lipinski definition) is 0. The Balaban J connectivity index is 0.000000368. The molecule has 2 aromatic carbocycles. The summed E-state index contributed by atoms with van der Waals surface area (Å²) < 4.78 is 50.2. The topological polar surface area (TPSA) is 20.5 Å². The van der Waals surface area contributed by atoms with Crippen molar-refractivity contribution in [2.45, 2.75) is 6.92 Å². The lowest BCUT2D eigenvalue weighted by Crippen LogP contribution is -2.02. The number of methoxy groups -OCH3 is 1. The number of fused-ring (bicyclic) bond motifs is 1. The molecule has 0 N–H and O–H groups in total. The van der Waals surface area contributed by atoms with Crippen molar-refractivity contribution in [2.24, 2.45) is 0 Å². The van der Waals surface area contributed by atoms with Gasteiger partial charge in [-0.3, -0.25) is 0 Å². The van der Waals surface area contributed by atoms with Crippen molar-refractivity contribution in [2.75, 3.05) is 7.11 Å². The van der Waals surface area contributed by atoms with Crippen molar-refractivity contribution in [1.82, 2.24) is 0 Å². The average molecular weight is 338 g/mol. The summed E-state index contributed by atoms with van der Waals surface area (Å²) in [5.41, 5.74) is 3.09. The number of rotatable bonds is 2. The highest BCUT2D eigenvalue weighted by atomic mass is 19.5. The van der Waals surface area contributed by atoms with Crippen LogP contribution in [0.2, 0.25) is 0 Å². The molecule has 0 aliphatic carbocycles. The zero-order valence-corrected chi connectivity index (χ0v) is 13.1. The Hall–Kier alpha value is -2.57. The molecule has 0 bridgehead atoms. The van der Waals surface area contributed by atoms with Crippen LogP contribution in [0.4, 0.5) is 17.3 Å². The van der Waals surface area contributed by atoms with E-state index in [-0.39, 0.29) is 0 Å². The second kappa shape index (κ2) is 7.34. The van der Waals surface area contributed by atoms with Gasteiger partial charge in [0.1, 0.15) is 5.75 Å². The highest BCUT2D eigenvalue weighted by Crippen LogP contribution is 2.29. The molecule has 126 valence electrons. The number of aryl methyl sites for hydroxylation is 1. The first-order valence-corrected chi connectivity index (χ1v) is 7.12. The lowest BCUT2D eigenvalue weighted by Gasteiger charge is -2.00. The molecule has 0 aliphatic heterocycles. The molecule has 1 aromatic heterocycles. The Kier molecular flexibility index (Phi) is 5.44. The van der Waals surface area contributed by atoms with E-state index in [1.165, 1.54) is 0 Å². The molecule has 0 spiro atoms. The third kappa shape index (κ3) is 4.98. The Morgan fingerprint density at radius 3 is 2.08 bits per heavy atom. The molecule has 7 heteroatoms. The largest absolute Gasteiger partial charge is 0.673 e. The van der Waals surface area contributed by atoms with Gasteiger partial charge >= 0.3 is 18.6 Å². The van der Waals surface area contributed by atoms with Gasteiger partial charge in [-0.2, -0.15) is 0 Å². The van der Waals surface area contributed by atoms with Gasteiger partial charge in [0.15, 0.2) is 0 Å². The summed E-state index contributed by atoms with van der Waals surface area (Å²) >= 11 is 0. The fourth-order valence-corrected chi connectivity index (χ4v) is 2.21. The quantitative estimate of drug-likeness (QED) is 0.325. The van der Waals surface area contributed by atoms with Crippen LogP contribution in [0.3, 0.4) is 0 Å². The molecule has 1 heterocycles. The zero-order chi connectivity index (χ0) is 17.7. The first kappa shape index (κ1) is 17.8. The Morgan fingerprint density at radius 1 is 0.917 bits per heavy atom. The Labute approximate surface area is 136 Å². The number of hydrogen-bond acceptors (Lipinski definition) is 1. The summed E-state index contributed by atoms with van der Waals surface area (Å²) in [5, 5.41) is 1.12. The fraction of sp³-hybridized carbons (Fsp3) is 0.118. The summed E-state index contributed by atoms with van der Waals surface area (Å²) in [6.45, 7) is 2.06. The van der Waals surface area contributed by atoms with Crippen LogP contribution in [0.25, 0.3) is 22.3 Å². The summed E-state index contributed by atoms with van der Waals surface area (Å²) in [6.07, 6.45) is 0. The van der Waals surface area contributed by atoms with Crippen LogP contribution in [-0.4, -0.2) is 14.4 Å². The van der Waals surface area contributed by atoms with Gasteiger partial charge in [-0.25, -0.2) is 4.42 Å². The van der Waals surface area contributed by atoms with Crippen molar-refractivity contribution >= 4 is 18.2 Å². The fourth-order valence-electron chi connectivity index (χ4n) is 2.21. The zero-order valence-electron chi connectivity index (χ0n) is 13.1. The third-order valence-electron chi connectivity index (χ3n) is 3.21. The number of benzene rings is 2. The van der Waals surface area contributed by atoms with Crippen molar-refractivity contribution < 1.29 is 26.4 Å². The van der Waals surface area contributed by atoms with Gasteiger partial charge in [0.25, 0.3) is 0 Å². The predicted octanol–water partition coefficient (Wildman–Crippen LogP) is 6.00. The van der Waals surface area contributed by atoms with E-state index in [2.05, 4.69) is 19.1 Å². The summed E-state index contributed by atoms with van der Waals surface area (Å²) in [7, 11) is -4.33. The maximum Gasteiger partial charge on any atom is 0.673 e. The lowest BCUT2D eigenvalue weighted by molar-refractivity contribution is 0.368. The van der Waals surface area contributed by atoms with E-state index in [9.17, 15) is 17.3 Å². The SMILES string of the molecule is COc1ccc(-c2[o+]c3ccccc3cc2C)cc1.F[B-](F)(F)F. The molecule has 3 rings (SSSR count). The number of halogens is 4. The second-order valence-electron chi connectivity index (χ2n) is 5.02. The predicted molar refractivity (Wildman–Crippen MR) is 87.5 cm³/mol. The smallest absolute Gasteiger partial charge is 0.497 e. The van der Waals surface area contributed by atoms with Gasteiger partial charge < -0.3 is 22.0 Å². The first-order chi connectivity index (χ1) is 11.3. The van der Waals surface area contributed by atoms with Gasteiger partial charge in [0, 0.05) is 6.07 Å². The van der Waals surface area contributed by atoms with Crippen molar-refractivity contribution in [1.29, 1.82) is 0 Å². The molecule has 3 aromatic rings. The van der Waals surface area contributed by atoms with E-state index in [0.29, 0.717) is 0 Å². The molecule has 0 radical (unpaired) electrons. The molecular weight excluding hydrogens is 323 g/mol. The molecule has 0 fully saturated rings. The van der Waals surface area contributed by atoms with E-state index in [1.807, 2.05) is 42.5 Å². The third-order valence-corrected chi connectivity index (χ3v) is 3.21. The maximum atomic E-state index is 9.75. The van der Waals surface area contributed by atoms with E-state index >= 15 is 0 Å². The van der Waals surface area contributed by atoms with Crippen LogP contribution in [0.15, 0.2) is 59.0 Å². The highest BCUT2D eigenvalue weighted by Gasteiger charge is 2.20. The van der Waals surface area contributed by atoms with E-state index in [1.54, 1.807) is 7.11 Å². The Bertz CT molecular complexity index is 811. The van der Waals surface area contributed by atoms with Crippen LogP contribution in [0, 0.1) is 6.92 Å². The molecule has 0 amide bonds. The van der Waals surface area contributed by atoms with Crippen LogP contribution in [-0.2, 0) is 0 Å². The highest BCUT2D eigenvalue weighted by molar-refractivity contribution is 6.50. The van der Waals surface area contributed by atoms with Gasteiger partial charge in [0.2, 0.25) is 0 Å². The van der Waals surface area contributed by atoms with Crippen LogP contribution in [0.1, 0.15) is 5.56 Å². The summed E-state index contributed by atoms with van der Waals surface area (Å²) in [4.78, 5) is 0. The normalized spacial score (nSPS) is 10.9. The van der Waals surface area contributed by atoms with E-state index in [0.717, 1.165) is 33.6 Å². The Morgan fingerprint density at radius 2 is 1.50 bits per heavy atom. The van der Waals surface area contributed by atoms with Crippen molar-refractivity contribution in [3.63, 3.8) is 0 Å². The minimum atomic E-state index is -6.00. The molecule has 0 atom stereocenters. The second-order valence-corrected chi connectivity index (χ2v) is 5.02. The van der Waals surface area contributed by atoms with Gasteiger partial charge in [-0.05, 0) is 43.3 Å². The molecular formula is C17H15BF4O2. The first-order valence-electron chi connectivity index (χ1n) is 7.12. The minimum Gasteiger partial charge on any atom is -0.497 e. The molecule has 0 saturated carbocycles. The van der Waals surface area contributed by atoms with Crippen LogP contribution in [0.5, 0.6) is 5.75 Å². The van der Waals surface area contributed by atoms with Crippen molar-refractivity contribution in [3.05, 3.63) is 60.2 Å². The standard InChI is InChI=1S/C17H15O2.BF4/c1-12-11-14-5-3-4-6-16(14)19-17(12)13-7-9-15(18-2)10-8-13;2-1(3,4)5/h3-11H,1-2H3;/q+1;-1. The van der Waals surface area contributed by atoms with Gasteiger partial charge in [-0.15, -0.1) is 0 Å². The molecule has 2 nitrogen and oxygen atoms in total. The maximum absolute atomic E-state index is 9.75. The van der Waals surface area contributed by atoms with Crippen molar-refractivity contribution in [3.8, 4) is 17.1 Å². The number of ether oxygens (including phenoxy) is 1. The monoisotopic (exact) mass is 338 g/mol. The van der Waals surface area contributed by atoms with Gasteiger partial charge in [-0.1, -0.05) is 12.1 Å². The van der Waals surface area contributed by atoms with Crippen LogP contribution >= 0.6 is 0 Å². The molecule has 0 aliphatic rings. The molecule has 0 saturated heterocycles. The van der Waals surface area contributed by atoms with Crippen LogP contribution < -0.4 is 4.74 Å². The van der Waals surface area contributed by atoms with E-state index in [4.69, 9.17) is 9.15 Å².